The first kappa shape index (κ1) is 13.2. The topological polar surface area (TPSA) is 52.2 Å². The van der Waals surface area contributed by atoms with Crippen LogP contribution in [0.15, 0.2) is 18.2 Å². The van der Waals surface area contributed by atoms with E-state index in [-0.39, 0.29) is 0 Å². The number of hydrogen-bond acceptors (Lipinski definition) is 2. The van der Waals surface area contributed by atoms with Gasteiger partial charge in [0.15, 0.2) is 0 Å². The largest absolute Gasteiger partial charge is 0.755 e. The summed E-state index contributed by atoms with van der Waals surface area (Å²) in [6, 6.07) is 5.87. The van der Waals surface area contributed by atoms with Gasteiger partial charge in [-0.2, -0.15) is 0 Å². The van der Waals surface area contributed by atoms with Crippen molar-refractivity contribution in [2.45, 2.75) is 39.5 Å². The second-order valence-corrected chi connectivity index (χ2v) is 5.17. The molecule has 1 unspecified atom stereocenters. The van der Waals surface area contributed by atoms with Crippen LogP contribution in [0.2, 0.25) is 0 Å². The smallest absolute Gasteiger partial charge is 0.0487 e. The van der Waals surface area contributed by atoms with E-state index in [4.69, 9.17) is 0 Å². The summed E-state index contributed by atoms with van der Waals surface area (Å²) < 4.78 is 23.7. The van der Waals surface area contributed by atoms with Gasteiger partial charge in [0.1, 0.15) is 0 Å². The molecule has 1 rings (SSSR count). The van der Waals surface area contributed by atoms with Crippen LogP contribution in [0.3, 0.4) is 0 Å². The lowest BCUT2D eigenvalue weighted by molar-refractivity contribution is 0.542. The minimum atomic E-state index is -2.26. The zero-order valence-electron chi connectivity index (χ0n) is 10.1. The van der Waals surface area contributed by atoms with Gasteiger partial charge in [0.25, 0.3) is 0 Å². The van der Waals surface area contributed by atoms with E-state index < -0.39 is 11.3 Å². The molecule has 3 nitrogen and oxygen atoms in total. The summed E-state index contributed by atoms with van der Waals surface area (Å²) in [6.45, 7) is 8.35. The summed E-state index contributed by atoms with van der Waals surface area (Å²) in [5.41, 5.74) is 2.94. The molecule has 0 aliphatic rings. The van der Waals surface area contributed by atoms with Crippen molar-refractivity contribution in [3.8, 4) is 0 Å². The van der Waals surface area contributed by atoms with Gasteiger partial charge in [-0.1, -0.05) is 39.8 Å². The summed E-state index contributed by atoms with van der Waals surface area (Å²) in [4.78, 5) is 0. The zero-order valence-corrected chi connectivity index (χ0v) is 10.9. The molecule has 0 amide bonds. The molecular weight excluding hydrogens is 222 g/mol. The number of nitrogens with one attached hydrogen (secondary N) is 1. The molecule has 0 bridgehead atoms. The maximum Gasteiger partial charge on any atom is 0.0487 e. The third kappa shape index (κ3) is 3.32. The molecule has 16 heavy (non-hydrogen) atoms. The van der Waals surface area contributed by atoms with Gasteiger partial charge in [-0.3, -0.25) is 4.21 Å². The predicted molar refractivity (Wildman–Crippen MR) is 67.2 cm³/mol. The number of rotatable bonds is 4. The van der Waals surface area contributed by atoms with Crippen molar-refractivity contribution in [1.82, 2.24) is 0 Å². The zero-order chi connectivity index (χ0) is 12.3. The lowest BCUT2D eigenvalue weighted by Gasteiger charge is -2.18. The average Bonchev–Trinajstić information content (AvgIpc) is 2.16. The van der Waals surface area contributed by atoms with E-state index in [1.54, 1.807) is 0 Å². The van der Waals surface area contributed by atoms with E-state index in [0.717, 1.165) is 5.56 Å². The van der Waals surface area contributed by atoms with Crippen molar-refractivity contribution in [3.63, 3.8) is 0 Å². The predicted octanol–water partition coefficient (Wildman–Crippen LogP) is 3.14. The summed E-state index contributed by atoms with van der Waals surface area (Å²) >= 11 is -2.26. The van der Waals surface area contributed by atoms with Gasteiger partial charge in [-0.25, -0.2) is 0 Å². The van der Waals surface area contributed by atoms with E-state index in [1.165, 1.54) is 5.56 Å². The van der Waals surface area contributed by atoms with Gasteiger partial charge < -0.3 is 9.27 Å². The average molecular weight is 240 g/mol. The first-order valence-corrected chi connectivity index (χ1v) is 6.49. The van der Waals surface area contributed by atoms with E-state index in [0.29, 0.717) is 17.5 Å². The molecule has 1 atom stereocenters. The van der Waals surface area contributed by atoms with Crippen LogP contribution in [-0.2, 0) is 11.3 Å². The van der Waals surface area contributed by atoms with Gasteiger partial charge in [-0.05, 0) is 29.0 Å². The summed E-state index contributed by atoms with van der Waals surface area (Å²) in [5, 5.41) is 0. The maximum atomic E-state index is 10.7. The normalized spacial score (nSPS) is 13.2. The highest BCUT2D eigenvalue weighted by atomic mass is 32.2. The molecule has 0 aliphatic heterocycles. The van der Waals surface area contributed by atoms with Crippen LogP contribution in [0.1, 0.15) is 50.7 Å². The van der Waals surface area contributed by atoms with Crippen LogP contribution in [-0.4, -0.2) is 8.76 Å². The molecule has 90 valence electrons. The molecule has 0 spiro atoms. The molecule has 0 aliphatic carbocycles. The van der Waals surface area contributed by atoms with Crippen LogP contribution in [0.4, 0.5) is 5.69 Å². The molecule has 0 saturated heterocycles. The van der Waals surface area contributed by atoms with Crippen LogP contribution >= 0.6 is 0 Å². The molecular formula is C12H18NO2S-. The second-order valence-electron chi connectivity index (χ2n) is 4.49. The maximum absolute atomic E-state index is 10.7. The van der Waals surface area contributed by atoms with Crippen LogP contribution in [0.25, 0.3) is 0 Å². The van der Waals surface area contributed by atoms with Gasteiger partial charge in [0, 0.05) is 17.0 Å². The highest BCUT2D eigenvalue weighted by molar-refractivity contribution is 7.80. The van der Waals surface area contributed by atoms with E-state index in [2.05, 4.69) is 38.5 Å². The van der Waals surface area contributed by atoms with E-state index in [9.17, 15) is 8.76 Å². The minimum absolute atomic E-state index is 0.296. The van der Waals surface area contributed by atoms with Crippen molar-refractivity contribution < 1.29 is 8.76 Å². The first-order chi connectivity index (χ1) is 7.41. The summed E-state index contributed by atoms with van der Waals surface area (Å²) in [7, 11) is 0. The van der Waals surface area contributed by atoms with Crippen molar-refractivity contribution in [2.75, 3.05) is 4.72 Å². The Kier molecular flexibility index (Phi) is 4.50. The Morgan fingerprint density at radius 3 is 2.25 bits per heavy atom. The summed E-state index contributed by atoms with van der Waals surface area (Å²) in [5.74, 6) is 0.744. The third-order valence-electron chi connectivity index (χ3n) is 2.56. The Balaban J connectivity index is 3.14. The van der Waals surface area contributed by atoms with E-state index in [1.807, 2.05) is 12.1 Å². The first-order valence-electron chi connectivity index (χ1n) is 5.41. The standard InChI is InChI=1S/C12H19NO2S/c1-8(2)10-5-6-12(13-16(14)15)11(7-10)9(3)4/h5-9,13H,1-4H3,(H,14,15)/p-1. The fourth-order valence-corrected chi connectivity index (χ4v) is 1.97. The highest BCUT2D eigenvalue weighted by Crippen LogP contribution is 2.28. The van der Waals surface area contributed by atoms with Gasteiger partial charge in [-0.15, -0.1) is 0 Å². The molecule has 0 saturated carbocycles. The molecule has 4 heteroatoms. The Labute approximate surface area is 99.7 Å². The Hall–Kier alpha value is -0.870. The van der Waals surface area contributed by atoms with Crippen molar-refractivity contribution >= 4 is 17.0 Å². The third-order valence-corrected chi connectivity index (χ3v) is 2.94. The minimum Gasteiger partial charge on any atom is -0.755 e. The molecule has 1 aromatic carbocycles. The molecule has 0 heterocycles. The van der Waals surface area contributed by atoms with Crippen LogP contribution in [0, 0.1) is 0 Å². The van der Waals surface area contributed by atoms with Crippen molar-refractivity contribution in [2.24, 2.45) is 0 Å². The number of benzene rings is 1. The molecule has 0 aromatic heterocycles. The molecule has 0 fully saturated rings. The van der Waals surface area contributed by atoms with Gasteiger partial charge >= 0.3 is 0 Å². The second kappa shape index (κ2) is 5.46. The Bertz CT molecular complexity index is 389. The Morgan fingerprint density at radius 1 is 1.19 bits per heavy atom. The van der Waals surface area contributed by atoms with Gasteiger partial charge in [0.05, 0.1) is 0 Å². The molecule has 0 radical (unpaired) electrons. The summed E-state index contributed by atoms with van der Waals surface area (Å²) in [6.07, 6.45) is 0. The highest BCUT2D eigenvalue weighted by Gasteiger charge is 2.09. The van der Waals surface area contributed by atoms with E-state index >= 15 is 0 Å². The van der Waals surface area contributed by atoms with Gasteiger partial charge in [0.2, 0.25) is 0 Å². The fraction of sp³-hybridized carbons (Fsp3) is 0.500. The molecule has 1 N–H and O–H groups in total. The monoisotopic (exact) mass is 240 g/mol. The van der Waals surface area contributed by atoms with Crippen LogP contribution < -0.4 is 4.72 Å². The quantitative estimate of drug-likeness (QED) is 0.822. The lowest BCUT2D eigenvalue weighted by Crippen LogP contribution is -2.06. The molecule has 1 aromatic rings. The number of anilines is 1. The fourth-order valence-electron chi connectivity index (χ4n) is 1.60. The van der Waals surface area contributed by atoms with Crippen LogP contribution in [0.5, 0.6) is 0 Å². The van der Waals surface area contributed by atoms with Crippen molar-refractivity contribution in [1.29, 1.82) is 0 Å². The lowest BCUT2D eigenvalue weighted by atomic mass is 9.94. The SMILES string of the molecule is CC(C)c1ccc(NS(=O)[O-])c(C(C)C)c1. The Morgan fingerprint density at radius 2 is 1.81 bits per heavy atom. The van der Waals surface area contributed by atoms with Crippen molar-refractivity contribution in [3.05, 3.63) is 29.3 Å². The number of hydrogen-bond donors (Lipinski definition) is 1.